The number of anilines is 1. The summed E-state index contributed by atoms with van der Waals surface area (Å²) in [5, 5.41) is 2.85. The van der Waals surface area contributed by atoms with Gasteiger partial charge in [0.1, 0.15) is 11.6 Å². The predicted octanol–water partition coefficient (Wildman–Crippen LogP) is 5.33. The van der Waals surface area contributed by atoms with Crippen molar-refractivity contribution in [1.29, 1.82) is 0 Å². The van der Waals surface area contributed by atoms with Crippen LogP contribution in [0.3, 0.4) is 0 Å². The van der Waals surface area contributed by atoms with Crippen molar-refractivity contribution in [2.24, 2.45) is 0 Å². The van der Waals surface area contributed by atoms with Gasteiger partial charge in [0.15, 0.2) is 11.5 Å². The van der Waals surface area contributed by atoms with E-state index in [4.69, 9.17) is 0 Å². The van der Waals surface area contributed by atoms with Crippen LogP contribution in [0.4, 0.5) is 27.8 Å². The van der Waals surface area contributed by atoms with Crippen molar-refractivity contribution in [2.75, 3.05) is 5.32 Å². The number of aromatic nitrogens is 3. The quantitative estimate of drug-likeness (QED) is 0.557. The van der Waals surface area contributed by atoms with Crippen LogP contribution in [0.1, 0.15) is 24.2 Å². The lowest BCUT2D eigenvalue weighted by Gasteiger charge is -2.18. The summed E-state index contributed by atoms with van der Waals surface area (Å²) < 4.78 is 69.0. The van der Waals surface area contributed by atoms with E-state index in [2.05, 4.69) is 25.0 Å². The maximum absolute atomic E-state index is 13.3. The molecule has 0 saturated carbocycles. The molecule has 0 bridgehead atoms. The number of nitrogens with zero attached hydrogens (tertiary/aromatic N) is 3. The van der Waals surface area contributed by atoms with Crippen LogP contribution in [0.2, 0.25) is 0 Å². The molecule has 1 aromatic carbocycles. The second-order valence-corrected chi connectivity index (χ2v) is 6.01. The van der Waals surface area contributed by atoms with Gasteiger partial charge in [-0.05, 0) is 36.8 Å². The van der Waals surface area contributed by atoms with Gasteiger partial charge in [-0.1, -0.05) is 12.1 Å². The van der Waals surface area contributed by atoms with E-state index in [0.29, 0.717) is 11.1 Å². The van der Waals surface area contributed by atoms with E-state index in [1.165, 1.54) is 42.7 Å². The summed E-state index contributed by atoms with van der Waals surface area (Å²) in [7, 11) is 0. The van der Waals surface area contributed by atoms with Crippen molar-refractivity contribution in [3.63, 3.8) is 0 Å². The molecule has 29 heavy (non-hydrogen) atoms. The second kappa shape index (κ2) is 8.38. The van der Waals surface area contributed by atoms with Gasteiger partial charge < -0.3 is 10.1 Å². The third-order valence-corrected chi connectivity index (χ3v) is 3.90. The first-order valence-corrected chi connectivity index (χ1v) is 8.40. The average Bonchev–Trinajstić information content (AvgIpc) is 2.67. The molecule has 0 radical (unpaired) electrons. The molecule has 0 aliphatic heterocycles. The Morgan fingerprint density at radius 2 is 1.72 bits per heavy atom. The summed E-state index contributed by atoms with van der Waals surface area (Å²) in [6.07, 6.45) is -1.83. The highest BCUT2D eigenvalue weighted by Crippen LogP contribution is 2.32. The first-order valence-electron chi connectivity index (χ1n) is 8.40. The Morgan fingerprint density at radius 3 is 2.38 bits per heavy atom. The van der Waals surface area contributed by atoms with Gasteiger partial charge in [0.2, 0.25) is 0 Å². The van der Waals surface area contributed by atoms with E-state index in [1.807, 2.05) is 0 Å². The van der Waals surface area contributed by atoms with Gasteiger partial charge in [-0.15, -0.1) is 0 Å². The minimum absolute atomic E-state index is 0.0534. The van der Waals surface area contributed by atoms with Crippen LogP contribution in [0.15, 0.2) is 54.9 Å². The number of alkyl halides is 5. The SMILES string of the molecule is CC(Nc1cc(C(F)(F)F)nc(-c2ccncc2)n1)c1cccc(OC(F)F)c1. The van der Waals surface area contributed by atoms with E-state index in [-0.39, 0.29) is 17.4 Å². The van der Waals surface area contributed by atoms with Gasteiger partial charge in [-0.25, -0.2) is 9.97 Å². The second-order valence-electron chi connectivity index (χ2n) is 6.01. The number of hydrogen-bond donors (Lipinski definition) is 1. The maximum atomic E-state index is 13.3. The summed E-state index contributed by atoms with van der Waals surface area (Å²) in [5.41, 5.74) is -0.210. The molecule has 152 valence electrons. The Labute approximate surface area is 162 Å². The zero-order chi connectivity index (χ0) is 21.0. The minimum atomic E-state index is -4.67. The minimum Gasteiger partial charge on any atom is -0.435 e. The number of benzene rings is 1. The van der Waals surface area contributed by atoms with E-state index >= 15 is 0 Å². The molecule has 0 amide bonds. The molecular formula is C19H15F5N4O. The first-order chi connectivity index (χ1) is 13.7. The smallest absolute Gasteiger partial charge is 0.433 e. The van der Waals surface area contributed by atoms with Crippen LogP contribution in [0, 0.1) is 0 Å². The molecule has 3 rings (SSSR count). The van der Waals surface area contributed by atoms with Gasteiger partial charge in [0.05, 0.1) is 6.04 Å². The fraction of sp³-hybridized carbons (Fsp3) is 0.211. The summed E-state index contributed by atoms with van der Waals surface area (Å²) in [5.74, 6) is -0.235. The van der Waals surface area contributed by atoms with Crippen molar-refractivity contribution in [2.45, 2.75) is 25.8 Å². The van der Waals surface area contributed by atoms with Crippen LogP contribution < -0.4 is 10.1 Å². The van der Waals surface area contributed by atoms with Gasteiger partial charge in [-0.3, -0.25) is 4.98 Å². The maximum Gasteiger partial charge on any atom is 0.433 e. The zero-order valence-electron chi connectivity index (χ0n) is 15.0. The number of pyridine rings is 1. The van der Waals surface area contributed by atoms with Gasteiger partial charge in [0, 0.05) is 24.0 Å². The van der Waals surface area contributed by atoms with Gasteiger partial charge in [-0.2, -0.15) is 22.0 Å². The summed E-state index contributed by atoms with van der Waals surface area (Å²) in [6.45, 7) is -1.32. The van der Waals surface area contributed by atoms with E-state index < -0.39 is 24.5 Å². The molecule has 2 aromatic heterocycles. The van der Waals surface area contributed by atoms with Crippen molar-refractivity contribution < 1.29 is 26.7 Å². The Hall–Kier alpha value is -3.30. The van der Waals surface area contributed by atoms with E-state index in [9.17, 15) is 22.0 Å². The molecule has 1 N–H and O–H groups in total. The largest absolute Gasteiger partial charge is 0.435 e. The van der Waals surface area contributed by atoms with Crippen molar-refractivity contribution >= 4 is 5.82 Å². The lowest BCUT2D eigenvalue weighted by atomic mass is 10.1. The number of nitrogens with one attached hydrogen (secondary N) is 1. The molecule has 0 saturated heterocycles. The topological polar surface area (TPSA) is 59.9 Å². The fourth-order valence-corrected chi connectivity index (χ4v) is 2.56. The van der Waals surface area contributed by atoms with Crippen LogP contribution in [-0.2, 0) is 6.18 Å². The first kappa shape index (κ1) is 20.4. The summed E-state index contributed by atoms with van der Waals surface area (Å²) in [6, 6.07) is 9.11. The highest BCUT2D eigenvalue weighted by molar-refractivity contribution is 5.57. The third-order valence-electron chi connectivity index (χ3n) is 3.90. The molecule has 3 aromatic rings. The Kier molecular flexibility index (Phi) is 5.90. The highest BCUT2D eigenvalue weighted by atomic mass is 19.4. The van der Waals surface area contributed by atoms with Gasteiger partial charge in [0.25, 0.3) is 0 Å². The average molecular weight is 410 g/mol. The normalized spacial score (nSPS) is 12.7. The Morgan fingerprint density at radius 1 is 1.00 bits per heavy atom. The molecule has 1 atom stereocenters. The summed E-state index contributed by atoms with van der Waals surface area (Å²) in [4.78, 5) is 11.6. The zero-order valence-corrected chi connectivity index (χ0v) is 15.0. The monoisotopic (exact) mass is 410 g/mol. The Bertz CT molecular complexity index is 966. The fourth-order valence-electron chi connectivity index (χ4n) is 2.56. The molecule has 1 unspecified atom stereocenters. The number of ether oxygens (including phenoxy) is 1. The van der Waals surface area contributed by atoms with E-state index in [0.717, 1.165) is 6.07 Å². The standard InChI is InChI=1S/C19H15F5N4O/c1-11(13-3-2-4-14(9-13)29-18(20)21)26-16-10-15(19(22,23)24)27-17(28-16)12-5-7-25-8-6-12/h2-11,18H,1H3,(H,26,27,28). The molecule has 10 heteroatoms. The summed E-state index contributed by atoms with van der Waals surface area (Å²) >= 11 is 0. The van der Waals surface area contributed by atoms with Crippen molar-refractivity contribution in [3.05, 3.63) is 66.1 Å². The number of hydrogen-bond acceptors (Lipinski definition) is 5. The van der Waals surface area contributed by atoms with Crippen LogP contribution >= 0.6 is 0 Å². The molecule has 5 nitrogen and oxygen atoms in total. The number of halogens is 5. The molecule has 0 aliphatic carbocycles. The number of rotatable bonds is 6. The molecule has 0 fully saturated rings. The highest BCUT2D eigenvalue weighted by Gasteiger charge is 2.34. The van der Waals surface area contributed by atoms with Crippen LogP contribution in [-0.4, -0.2) is 21.6 Å². The Balaban J connectivity index is 1.92. The predicted molar refractivity (Wildman–Crippen MR) is 95.4 cm³/mol. The van der Waals surface area contributed by atoms with Crippen LogP contribution in [0.25, 0.3) is 11.4 Å². The van der Waals surface area contributed by atoms with Crippen molar-refractivity contribution in [1.82, 2.24) is 15.0 Å². The molecule has 2 heterocycles. The lowest BCUT2D eigenvalue weighted by Crippen LogP contribution is -2.14. The molecular weight excluding hydrogens is 395 g/mol. The third kappa shape index (κ3) is 5.37. The lowest BCUT2D eigenvalue weighted by molar-refractivity contribution is -0.141. The van der Waals surface area contributed by atoms with Crippen LogP contribution in [0.5, 0.6) is 5.75 Å². The molecule has 0 aliphatic rings. The van der Waals surface area contributed by atoms with E-state index in [1.54, 1.807) is 13.0 Å². The van der Waals surface area contributed by atoms with Gasteiger partial charge >= 0.3 is 12.8 Å². The molecule has 0 spiro atoms. The van der Waals surface area contributed by atoms with Crippen molar-refractivity contribution in [3.8, 4) is 17.1 Å².